The number of nitrogens with two attached hydrogens (primary N) is 2. The number of hydrogen-bond donors (Lipinski definition) is 4. The van der Waals surface area contributed by atoms with Gasteiger partial charge in [-0.25, -0.2) is 20.5 Å². The molecule has 1 aliphatic heterocycles. The van der Waals surface area contributed by atoms with Gasteiger partial charge < -0.3 is 16.2 Å². The van der Waals surface area contributed by atoms with Crippen molar-refractivity contribution in [3.63, 3.8) is 0 Å². The molecular formula is C33H30ClF3N10O3. The molecule has 6 N–H and O–H groups in total. The summed E-state index contributed by atoms with van der Waals surface area (Å²) in [5, 5.41) is 18.9. The van der Waals surface area contributed by atoms with E-state index in [4.69, 9.17) is 23.2 Å². The van der Waals surface area contributed by atoms with Crippen LogP contribution < -0.4 is 27.5 Å². The third kappa shape index (κ3) is 7.02. The van der Waals surface area contributed by atoms with Gasteiger partial charge in [0.1, 0.15) is 17.1 Å². The maximum atomic E-state index is 13.8. The first kappa shape index (κ1) is 34.1. The molecule has 2 unspecified atom stereocenters. The number of aromatic nitrogens is 6. The molecule has 5 aromatic rings. The molecular weight excluding hydrogens is 677 g/mol. The van der Waals surface area contributed by atoms with Gasteiger partial charge >= 0.3 is 6.18 Å². The Morgan fingerprint density at radius 3 is 2.64 bits per heavy atom. The molecule has 13 nitrogen and oxygen atoms in total. The quantitative estimate of drug-likeness (QED) is 0.138. The van der Waals surface area contributed by atoms with E-state index >= 15 is 0 Å². The third-order valence-electron chi connectivity index (χ3n) is 8.23. The molecule has 258 valence electrons. The average molecular weight is 707 g/mol. The van der Waals surface area contributed by atoms with Crippen molar-refractivity contribution in [2.24, 2.45) is 17.5 Å². The second-order valence-corrected chi connectivity index (χ2v) is 12.1. The Bertz CT molecular complexity index is 2170. The zero-order valence-electron chi connectivity index (χ0n) is 26.3. The highest BCUT2D eigenvalue weighted by Gasteiger charge is 2.32. The second kappa shape index (κ2) is 13.6. The number of halogens is 4. The molecule has 4 aromatic heterocycles. The number of nitrogens with zero attached hydrogens (tertiary/aromatic N) is 7. The van der Waals surface area contributed by atoms with E-state index in [2.05, 4.69) is 25.4 Å². The Balaban J connectivity index is 1.42. The van der Waals surface area contributed by atoms with Gasteiger partial charge in [-0.3, -0.25) is 24.1 Å². The van der Waals surface area contributed by atoms with E-state index in [1.165, 1.54) is 46.0 Å². The molecule has 1 aromatic carbocycles. The van der Waals surface area contributed by atoms with Gasteiger partial charge in [0.2, 0.25) is 11.8 Å². The van der Waals surface area contributed by atoms with Crippen LogP contribution in [-0.4, -0.2) is 46.5 Å². The Morgan fingerprint density at radius 1 is 1.10 bits per heavy atom. The molecule has 0 spiro atoms. The summed E-state index contributed by atoms with van der Waals surface area (Å²) >= 11 is 6.22. The summed E-state index contributed by atoms with van der Waals surface area (Å²) in [5.41, 5.74) is 5.83. The standard InChI is InChI=1S/C33H30ClF3N10O3/c1-18-4-2-5-26(23-12-19(9-11-40-23)30-24(43-31(18)49)15-47(44-30)27-6-3-10-41-32(27)50)45-17-42-22(14-29(45)48)21-13-20(34)7-8-25(21)46(39)16-28(38)33(35,36)37/h3,6-18,26H,2,4-5,38-39H2,1H3,(H,41,50)(H,43,49)/b28-16-. The van der Waals surface area contributed by atoms with Crippen molar-refractivity contribution in [3.05, 3.63) is 106 Å². The number of hydrogen-bond acceptors (Lipinski definition) is 10. The molecule has 0 saturated heterocycles. The zero-order chi connectivity index (χ0) is 35.7. The van der Waals surface area contributed by atoms with Gasteiger partial charge in [-0.15, -0.1) is 0 Å². The number of benzene rings is 1. The van der Waals surface area contributed by atoms with Crippen molar-refractivity contribution >= 4 is 28.9 Å². The molecule has 17 heteroatoms. The molecule has 0 fully saturated rings. The fourth-order valence-electron chi connectivity index (χ4n) is 5.60. The van der Waals surface area contributed by atoms with Crippen molar-refractivity contribution in [2.45, 2.75) is 38.4 Å². The lowest BCUT2D eigenvalue weighted by molar-refractivity contribution is -0.119. The highest BCUT2D eigenvalue weighted by molar-refractivity contribution is 6.31. The molecule has 50 heavy (non-hydrogen) atoms. The summed E-state index contributed by atoms with van der Waals surface area (Å²) < 4.78 is 42.2. The van der Waals surface area contributed by atoms with Crippen molar-refractivity contribution in [3.8, 4) is 34.1 Å². The molecule has 6 rings (SSSR count). The van der Waals surface area contributed by atoms with E-state index < -0.39 is 29.4 Å². The summed E-state index contributed by atoms with van der Waals surface area (Å²) in [7, 11) is 0. The van der Waals surface area contributed by atoms with Gasteiger partial charge in [-0.1, -0.05) is 24.9 Å². The van der Waals surface area contributed by atoms with Crippen LogP contribution in [0.1, 0.15) is 37.9 Å². The summed E-state index contributed by atoms with van der Waals surface area (Å²) in [6, 6.07) is 11.6. The number of fused-ring (bicyclic) bond motifs is 4. The van der Waals surface area contributed by atoms with Gasteiger partial charge in [0, 0.05) is 46.7 Å². The zero-order valence-corrected chi connectivity index (χ0v) is 27.1. The number of pyridine rings is 2. The van der Waals surface area contributed by atoms with Gasteiger partial charge in [0.15, 0.2) is 0 Å². The second-order valence-electron chi connectivity index (χ2n) is 11.7. The molecule has 2 bridgehead atoms. The minimum Gasteiger partial charge on any atom is -0.492 e. The van der Waals surface area contributed by atoms with Crippen LogP contribution in [0.3, 0.4) is 0 Å². The van der Waals surface area contributed by atoms with E-state index in [9.17, 15) is 27.9 Å². The highest BCUT2D eigenvalue weighted by atomic mass is 35.5. The fourth-order valence-corrected chi connectivity index (χ4v) is 5.78. The van der Waals surface area contributed by atoms with Crippen LogP contribution in [0.2, 0.25) is 5.02 Å². The first-order chi connectivity index (χ1) is 23.8. The number of carbonyl (C=O) groups excluding carboxylic acids is 1. The molecule has 5 heterocycles. The smallest absolute Gasteiger partial charge is 0.432 e. The maximum absolute atomic E-state index is 13.8. The van der Waals surface area contributed by atoms with Crippen LogP contribution in [0.4, 0.5) is 24.5 Å². The maximum Gasteiger partial charge on any atom is 0.432 e. The number of allylic oxidation sites excluding steroid dienone is 1. The van der Waals surface area contributed by atoms with Crippen LogP contribution in [0, 0.1) is 5.92 Å². The average Bonchev–Trinajstić information content (AvgIpc) is 3.49. The summed E-state index contributed by atoms with van der Waals surface area (Å²) in [4.78, 5) is 40.0. The third-order valence-corrected chi connectivity index (χ3v) is 8.47. The van der Waals surface area contributed by atoms with Gasteiger partial charge in [0.05, 0.1) is 41.3 Å². The molecule has 0 aliphatic carbocycles. The monoisotopic (exact) mass is 706 g/mol. The molecule has 1 amide bonds. The highest BCUT2D eigenvalue weighted by Crippen LogP contribution is 2.35. The topological polar surface area (TPSA) is 183 Å². The van der Waals surface area contributed by atoms with Crippen LogP contribution >= 0.6 is 11.6 Å². The van der Waals surface area contributed by atoms with E-state index in [0.29, 0.717) is 58.8 Å². The first-order valence-corrected chi connectivity index (χ1v) is 15.7. The number of alkyl halides is 3. The predicted molar refractivity (Wildman–Crippen MR) is 180 cm³/mol. The molecule has 2 atom stereocenters. The van der Waals surface area contributed by atoms with Crippen LogP contribution in [0.15, 0.2) is 90.1 Å². The summed E-state index contributed by atoms with van der Waals surface area (Å²) in [5.74, 6) is 5.07. The lowest BCUT2D eigenvalue weighted by atomic mass is 9.97. The number of rotatable bonds is 5. The minimum atomic E-state index is -4.81. The number of anilines is 2. The molecule has 0 saturated carbocycles. The van der Waals surface area contributed by atoms with E-state index in [-0.39, 0.29) is 33.8 Å². The van der Waals surface area contributed by atoms with E-state index in [0.717, 1.165) is 0 Å². The first-order valence-electron chi connectivity index (χ1n) is 15.3. The Morgan fingerprint density at radius 2 is 1.90 bits per heavy atom. The van der Waals surface area contributed by atoms with Crippen molar-refractivity contribution < 1.29 is 23.1 Å². The molecule has 1 aliphatic rings. The van der Waals surface area contributed by atoms with Gasteiger partial charge in [-0.05, 0) is 55.3 Å². The van der Waals surface area contributed by atoms with Gasteiger partial charge in [-0.2, -0.15) is 18.3 Å². The lowest BCUT2D eigenvalue weighted by Crippen LogP contribution is -2.30. The SMILES string of the molecule is CC1CCCC(n2cnc(-c3cc(Cl)ccc3N(N)/C=C(\N)C(F)(F)F)cc2=O)c2cc(ccn2)-c2nn(-c3cccnc3O)cc2NC1=O. The van der Waals surface area contributed by atoms with E-state index in [1.807, 2.05) is 0 Å². The summed E-state index contributed by atoms with van der Waals surface area (Å²) in [6.45, 7) is 1.80. The normalized spacial score (nSPS) is 16.9. The Labute approximate surface area is 287 Å². The summed E-state index contributed by atoms with van der Waals surface area (Å²) in [6.07, 6.45) is 3.08. The number of nitrogens with one attached hydrogen (secondary N) is 1. The Hall–Kier alpha value is -5.74. The van der Waals surface area contributed by atoms with Crippen LogP contribution in [0.5, 0.6) is 5.88 Å². The van der Waals surface area contributed by atoms with Crippen LogP contribution in [-0.2, 0) is 4.79 Å². The van der Waals surface area contributed by atoms with Crippen molar-refractivity contribution in [2.75, 3.05) is 10.3 Å². The van der Waals surface area contributed by atoms with E-state index in [1.54, 1.807) is 43.6 Å². The number of hydrazine groups is 1. The van der Waals surface area contributed by atoms with Crippen molar-refractivity contribution in [1.29, 1.82) is 0 Å². The largest absolute Gasteiger partial charge is 0.492 e. The lowest BCUT2D eigenvalue weighted by Gasteiger charge is -2.22. The van der Waals surface area contributed by atoms with Gasteiger partial charge in [0.25, 0.3) is 5.56 Å². The Kier molecular flexibility index (Phi) is 9.31. The van der Waals surface area contributed by atoms with Crippen molar-refractivity contribution in [1.82, 2.24) is 29.3 Å². The van der Waals surface area contributed by atoms with Crippen LogP contribution in [0.25, 0.3) is 28.2 Å². The molecule has 0 radical (unpaired) electrons. The minimum absolute atomic E-state index is 0.0636. The number of carbonyl (C=O) groups is 1. The number of aromatic hydroxyl groups is 1. The predicted octanol–water partition coefficient (Wildman–Crippen LogP) is 5.30. The number of amides is 1. The fraction of sp³-hybridized carbons (Fsp3) is 0.212.